The van der Waals surface area contributed by atoms with Gasteiger partial charge in [0.05, 0.1) is 0 Å². The van der Waals surface area contributed by atoms with Crippen molar-refractivity contribution in [1.29, 1.82) is 0 Å². The predicted molar refractivity (Wildman–Crippen MR) is 60.0 cm³/mol. The van der Waals surface area contributed by atoms with Crippen LogP contribution in [0.25, 0.3) is 0 Å². The average Bonchev–Trinajstić information content (AvgIpc) is 2.21. The van der Waals surface area contributed by atoms with Crippen molar-refractivity contribution in [1.82, 2.24) is 5.32 Å². The van der Waals surface area contributed by atoms with Gasteiger partial charge in [0.2, 0.25) is 0 Å². The normalized spacial score (nSPS) is 15.9. The van der Waals surface area contributed by atoms with Gasteiger partial charge in [-0.25, -0.2) is 8.78 Å². The summed E-state index contributed by atoms with van der Waals surface area (Å²) in [7, 11) is 2.59. The molecule has 0 atom stereocenters. The van der Waals surface area contributed by atoms with Crippen LogP contribution in [-0.2, 0) is 0 Å². The third kappa shape index (κ3) is 1.69. The highest BCUT2D eigenvalue weighted by Gasteiger charge is 2.25. The first kappa shape index (κ1) is 11.4. The number of halogens is 3. The van der Waals surface area contributed by atoms with E-state index in [1.807, 2.05) is 0 Å². The van der Waals surface area contributed by atoms with E-state index in [-0.39, 0.29) is 22.8 Å². The SMILES string of the molecule is Bc1c(F)c(B)c(OC2CNC2)c(F)c1F. The summed E-state index contributed by atoms with van der Waals surface area (Å²) in [6.45, 7) is 1.13. The number of ether oxygens (including phenoxy) is 1. The smallest absolute Gasteiger partial charge is 0.199 e. The van der Waals surface area contributed by atoms with Gasteiger partial charge in [0.15, 0.2) is 17.4 Å². The average molecular weight is 227 g/mol. The van der Waals surface area contributed by atoms with E-state index in [1.54, 1.807) is 0 Å². The number of hydrogen-bond acceptors (Lipinski definition) is 2. The van der Waals surface area contributed by atoms with Crippen LogP contribution in [0, 0.1) is 17.5 Å². The van der Waals surface area contributed by atoms with Crippen LogP contribution in [0.4, 0.5) is 13.2 Å². The molecule has 0 bridgehead atoms. The fourth-order valence-corrected chi connectivity index (χ4v) is 1.56. The van der Waals surface area contributed by atoms with Crippen LogP contribution in [0.15, 0.2) is 0 Å². The number of nitrogens with one attached hydrogen (secondary N) is 1. The summed E-state index contributed by atoms with van der Waals surface area (Å²) < 4.78 is 45.5. The lowest BCUT2D eigenvalue weighted by molar-refractivity contribution is 0.136. The van der Waals surface area contributed by atoms with Gasteiger partial charge in [0.25, 0.3) is 0 Å². The van der Waals surface area contributed by atoms with Gasteiger partial charge in [-0.05, 0) is 10.9 Å². The molecule has 1 heterocycles. The molecule has 0 spiro atoms. The quantitative estimate of drug-likeness (QED) is 0.464. The van der Waals surface area contributed by atoms with Crippen LogP contribution < -0.4 is 21.0 Å². The van der Waals surface area contributed by atoms with Crippen molar-refractivity contribution in [2.75, 3.05) is 13.1 Å². The Morgan fingerprint density at radius 3 is 2.12 bits per heavy atom. The lowest BCUT2D eigenvalue weighted by Gasteiger charge is -2.29. The second-order valence-corrected chi connectivity index (χ2v) is 3.92. The van der Waals surface area contributed by atoms with Gasteiger partial charge >= 0.3 is 0 Å². The van der Waals surface area contributed by atoms with Crippen molar-refractivity contribution in [3.05, 3.63) is 17.5 Å². The van der Waals surface area contributed by atoms with Gasteiger partial charge in [0.1, 0.15) is 27.6 Å². The zero-order valence-electron chi connectivity index (χ0n) is 9.03. The molecule has 1 aromatic carbocycles. The molecule has 0 radical (unpaired) electrons. The molecule has 0 aromatic heterocycles. The summed E-state index contributed by atoms with van der Waals surface area (Å²) >= 11 is 0. The van der Waals surface area contributed by atoms with E-state index in [9.17, 15) is 13.2 Å². The van der Waals surface area contributed by atoms with E-state index in [0.717, 1.165) is 0 Å². The maximum atomic E-state index is 13.5. The molecule has 16 heavy (non-hydrogen) atoms. The summed E-state index contributed by atoms with van der Waals surface area (Å²) in [5.41, 5.74) is -0.294. The van der Waals surface area contributed by atoms with E-state index in [0.29, 0.717) is 13.1 Å². The van der Waals surface area contributed by atoms with Gasteiger partial charge in [-0.1, -0.05) is 0 Å². The Morgan fingerprint density at radius 2 is 1.62 bits per heavy atom. The van der Waals surface area contributed by atoms with Crippen molar-refractivity contribution in [3.8, 4) is 5.75 Å². The van der Waals surface area contributed by atoms with Crippen molar-refractivity contribution >= 4 is 26.6 Å². The van der Waals surface area contributed by atoms with Gasteiger partial charge < -0.3 is 10.1 Å². The Labute approximate surface area is 93.0 Å². The molecule has 7 heteroatoms. The van der Waals surface area contributed by atoms with Crippen LogP contribution in [0.1, 0.15) is 0 Å². The summed E-state index contributed by atoms with van der Waals surface area (Å²) in [6, 6.07) is 0. The van der Waals surface area contributed by atoms with Gasteiger partial charge in [0, 0.05) is 13.1 Å². The Morgan fingerprint density at radius 1 is 1.00 bits per heavy atom. The fraction of sp³-hybridized carbons (Fsp3) is 0.333. The zero-order chi connectivity index (χ0) is 11.9. The van der Waals surface area contributed by atoms with E-state index in [2.05, 4.69) is 5.32 Å². The van der Waals surface area contributed by atoms with Gasteiger partial charge in [-0.3, -0.25) is 0 Å². The van der Waals surface area contributed by atoms with Crippen molar-refractivity contribution in [3.63, 3.8) is 0 Å². The molecule has 1 aliphatic heterocycles. The largest absolute Gasteiger partial charge is 0.485 e. The van der Waals surface area contributed by atoms with Crippen LogP contribution in [0.2, 0.25) is 0 Å². The predicted octanol–water partition coefficient (Wildman–Crippen LogP) is -2.03. The highest BCUT2D eigenvalue weighted by atomic mass is 19.2. The molecular formula is C9H10B2F3NO. The molecule has 2 nitrogen and oxygen atoms in total. The first-order valence-electron chi connectivity index (χ1n) is 5.03. The van der Waals surface area contributed by atoms with Gasteiger partial charge in [-0.15, -0.1) is 0 Å². The molecule has 1 fully saturated rings. The highest BCUT2D eigenvalue weighted by Crippen LogP contribution is 2.19. The second kappa shape index (κ2) is 4.05. The van der Waals surface area contributed by atoms with Crippen molar-refractivity contribution < 1.29 is 17.9 Å². The van der Waals surface area contributed by atoms with Crippen molar-refractivity contribution in [2.24, 2.45) is 0 Å². The highest BCUT2D eigenvalue weighted by molar-refractivity contribution is 6.39. The standard InChI is InChI=1S/C9H10B2F3NO/c10-4-6(12)5(11)9(8(14)7(4)13)16-3-1-15-2-3/h3,15H,1-2,10-11H2. The third-order valence-corrected chi connectivity index (χ3v) is 2.75. The molecule has 2 rings (SSSR count). The maximum absolute atomic E-state index is 13.5. The summed E-state index contributed by atoms with van der Waals surface area (Å²) in [4.78, 5) is 0. The van der Waals surface area contributed by atoms with E-state index < -0.39 is 17.5 Å². The Balaban J connectivity index is 2.42. The van der Waals surface area contributed by atoms with Crippen LogP contribution >= 0.6 is 0 Å². The first-order chi connectivity index (χ1) is 7.52. The third-order valence-electron chi connectivity index (χ3n) is 2.75. The van der Waals surface area contributed by atoms with E-state index in [4.69, 9.17) is 4.74 Å². The molecular weight excluding hydrogens is 217 g/mol. The Bertz CT molecular complexity index is 408. The van der Waals surface area contributed by atoms with Crippen molar-refractivity contribution in [2.45, 2.75) is 6.10 Å². The van der Waals surface area contributed by atoms with Crippen LogP contribution in [-0.4, -0.2) is 34.9 Å². The Kier molecular flexibility index (Phi) is 2.88. The summed E-state index contributed by atoms with van der Waals surface area (Å²) in [5, 5.41) is 2.93. The molecule has 0 amide bonds. The maximum Gasteiger partial charge on any atom is 0.199 e. The van der Waals surface area contributed by atoms with Gasteiger partial charge in [-0.2, -0.15) is 4.39 Å². The summed E-state index contributed by atoms with van der Waals surface area (Å²) in [5.74, 6) is -3.35. The molecule has 1 aliphatic rings. The minimum atomic E-state index is -1.18. The molecule has 0 aliphatic carbocycles. The topological polar surface area (TPSA) is 21.3 Å². The Hall–Kier alpha value is -1.10. The summed E-state index contributed by atoms with van der Waals surface area (Å²) in [6.07, 6.45) is -0.213. The fourth-order valence-electron chi connectivity index (χ4n) is 1.56. The second-order valence-electron chi connectivity index (χ2n) is 3.92. The number of hydrogen-bond donors (Lipinski definition) is 1. The molecule has 1 saturated heterocycles. The monoisotopic (exact) mass is 227 g/mol. The molecule has 0 saturated carbocycles. The minimum absolute atomic E-state index is 0.0169. The van der Waals surface area contributed by atoms with E-state index in [1.165, 1.54) is 15.7 Å². The molecule has 1 N–H and O–H groups in total. The van der Waals surface area contributed by atoms with Crippen LogP contribution in [0.5, 0.6) is 5.75 Å². The zero-order valence-corrected chi connectivity index (χ0v) is 9.03. The van der Waals surface area contributed by atoms with E-state index >= 15 is 0 Å². The molecule has 84 valence electrons. The lowest BCUT2D eigenvalue weighted by atomic mass is 9.84. The lowest BCUT2D eigenvalue weighted by Crippen LogP contribution is -2.51. The molecule has 0 unspecified atom stereocenters. The number of benzene rings is 1. The molecule has 1 aromatic rings. The van der Waals surface area contributed by atoms with Crippen LogP contribution in [0.3, 0.4) is 0 Å². The number of rotatable bonds is 2. The first-order valence-corrected chi connectivity index (χ1v) is 5.03. The minimum Gasteiger partial charge on any atom is -0.485 e.